The predicted octanol–water partition coefficient (Wildman–Crippen LogP) is 2.52. The Labute approximate surface area is 133 Å². The third-order valence-corrected chi connectivity index (χ3v) is 4.80. The molecule has 2 fully saturated rings. The first-order valence-corrected chi connectivity index (χ1v) is 7.92. The summed E-state index contributed by atoms with van der Waals surface area (Å²) in [7, 11) is 0. The van der Waals surface area contributed by atoms with Gasteiger partial charge in [-0.2, -0.15) is 0 Å². The van der Waals surface area contributed by atoms with E-state index in [0.29, 0.717) is 13.0 Å². The van der Waals surface area contributed by atoms with E-state index < -0.39 is 22.3 Å². The number of phenols is 1. The van der Waals surface area contributed by atoms with E-state index >= 15 is 0 Å². The molecule has 0 aromatic heterocycles. The largest absolute Gasteiger partial charge is 0.502 e. The van der Waals surface area contributed by atoms with Gasteiger partial charge in [0.15, 0.2) is 0 Å². The lowest BCUT2D eigenvalue weighted by Crippen LogP contribution is -2.47. The number of nitro benzene ring substituents is 1. The quantitative estimate of drug-likeness (QED) is 0.658. The summed E-state index contributed by atoms with van der Waals surface area (Å²) in [5, 5.41) is 23.7. The van der Waals surface area contributed by atoms with E-state index in [9.17, 15) is 20.0 Å². The monoisotopic (exact) mass is 320 g/mol. The summed E-state index contributed by atoms with van der Waals surface area (Å²) in [6.45, 7) is 0.603. The number of carbonyl (C=O) groups excluding carboxylic acids is 1. The number of nitrogens with one attached hydrogen (secondary N) is 1. The van der Waals surface area contributed by atoms with E-state index in [4.69, 9.17) is 4.74 Å². The van der Waals surface area contributed by atoms with Crippen molar-refractivity contribution in [2.24, 2.45) is 0 Å². The molecule has 1 aliphatic carbocycles. The minimum atomic E-state index is -0.700. The lowest BCUT2D eigenvalue weighted by molar-refractivity contribution is -0.385. The molecule has 1 atom stereocenters. The summed E-state index contributed by atoms with van der Waals surface area (Å²) in [5.41, 5.74) is -0.649. The summed E-state index contributed by atoms with van der Waals surface area (Å²) >= 11 is 0. The SMILES string of the molecule is O=C(N[C@@H]1CCOC2(CCCC2)C1)c1cccc([N+](=O)[O-])c1O. The number of para-hydroxylation sites is 1. The normalized spacial score (nSPS) is 22.9. The van der Waals surface area contributed by atoms with Crippen LogP contribution in [0.15, 0.2) is 18.2 Å². The molecule has 2 aliphatic rings. The van der Waals surface area contributed by atoms with Crippen molar-refractivity contribution < 1.29 is 19.6 Å². The maximum Gasteiger partial charge on any atom is 0.311 e. The van der Waals surface area contributed by atoms with Crippen molar-refractivity contribution in [1.29, 1.82) is 0 Å². The Morgan fingerprint density at radius 2 is 2.13 bits per heavy atom. The number of ether oxygens (including phenoxy) is 1. The molecule has 124 valence electrons. The Morgan fingerprint density at radius 3 is 2.83 bits per heavy atom. The number of nitro groups is 1. The van der Waals surface area contributed by atoms with Crippen LogP contribution in [0.1, 0.15) is 48.9 Å². The number of nitrogens with zero attached hydrogens (tertiary/aromatic N) is 1. The van der Waals surface area contributed by atoms with E-state index in [0.717, 1.165) is 32.1 Å². The molecule has 2 N–H and O–H groups in total. The maximum atomic E-state index is 12.4. The number of aromatic hydroxyl groups is 1. The van der Waals surface area contributed by atoms with Crippen molar-refractivity contribution in [2.75, 3.05) is 6.61 Å². The molecule has 1 aromatic rings. The highest BCUT2D eigenvalue weighted by Gasteiger charge is 2.40. The van der Waals surface area contributed by atoms with Crippen molar-refractivity contribution in [1.82, 2.24) is 5.32 Å². The van der Waals surface area contributed by atoms with Crippen LogP contribution in [-0.2, 0) is 4.74 Å². The molecule has 1 spiro atoms. The van der Waals surface area contributed by atoms with Crippen LogP contribution in [0.5, 0.6) is 5.75 Å². The minimum Gasteiger partial charge on any atom is -0.502 e. The summed E-state index contributed by atoms with van der Waals surface area (Å²) in [4.78, 5) is 22.5. The average molecular weight is 320 g/mol. The number of rotatable bonds is 3. The van der Waals surface area contributed by atoms with Gasteiger partial charge in [-0.05, 0) is 31.7 Å². The Morgan fingerprint density at radius 1 is 1.39 bits per heavy atom. The molecule has 0 bridgehead atoms. The molecule has 7 nitrogen and oxygen atoms in total. The van der Waals surface area contributed by atoms with Gasteiger partial charge < -0.3 is 15.2 Å². The third-order valence-electron chi connectivity index (χ3n) is 4.80. The Bertz CT molecular complexity index is 625. The van der Waals surface area contributed by atoms with Gasteiger partial charge in [0, 0.05) is 18.7 Å². The highest BCUT2D eigenvalue weighted by atomic mass is 16.6. The zero-order valence-corrected chi connectivity index (χ0v) is 12.8. The first kappa shape index (κ1) is 15.7. The van der Waals surface area contributed by atoms with Crippen LogP contribution in [-0.4, -0.2) is 34.2 Å². The molecular formula is C16H20N2O5. The summed E-state index contributed by atoms with van der Waals surface area (Å²) in [5.74, 6) is -1.07. The standard InChI is InChI=1S/C16H20N2O5/c19-14-12(4-3-5-13(14)18(21)22)15(20)17-11-6-9-23-16(10-11)7-1-2-8-16/h3-5,11,19H,1-2,6-10H2,(H,17,20)/t11-/m1/s1. The van der Waals surface area contributed by atoms with Crippen LogP contribution >= 0.6 is 0 Å². The second kappa shape index (κ2) is 6.16. The number of hydrogen-bond donors (Lipinski definition) is 2. The number of hydrogen-bond acceptors (Lipinski definition) is 5. The van der Waals surface area contributed by atoms with Crippen LogP contribution in [0.25, 0.3) is 0 Å². The number of phenolic OH excluding ortho intramolecular Hbond substituents is 1. The fourth-order valence-electron chi connectivity index (χ4n) is 3.64. The topological polar surface area (TPSA) is 102 Å². The van der Waals surface area contributed by atoms with Crippen molar-refractivity contribution in [2.45, 2.75) is 50.2 Å². The second-order valence-corrected chi connectivity index (χ2v) is 6.33. The molecule has 1 saturated carbocycles. The van der Waals surface area contributed by atoms with Gasteiger partial charge in [-0.1, -0.05) is 18.9 Å². The van der Waals surface area contributed by atoms with E-state index in [1.807, 2.05) is 0 Å². The highest BCUT2D eigenvalue weighted by molar-refractivity contribution is 5.98. The molecule has 1 aliphatic heterocycles. The molecule has 0 radical (unpaired) electrons. The highest BCUT2D eigenvalue weighted by Crippen LogP contribution is 2.40. The summed E-state index contributed by atoms with van der Waals surface area (Å²) in [6.07, 6.45) is 5.79. The van der Waals surface area contributed by atoms with Crippen molar-refractivity contribution in [3.63, 3.8) is 0 Å². The minimum absolute atomic E-state index is 0.0342. The maximum absolute atomic E-state index is 12.4. The summed E-state index contributed by atoms with van der Waals surface area (Å²) in [6, 6.07) is 3.93. The fourth-order valence-corrected chi connectivity index (χ4v) is 3.64. The molecule has 23 heavy (non-hydrogen) atoms. The van der Waals surface area contributed by atoms with Crippen molar-refractivity contribution in [3.05, 3.63) is 33.9 Å². The van der Waals surface area contributed by atoms with Crippen LogP contribution in [0, 0.1) is 10.1 Å². The van der Waals surface area contributed by atoms with E-state index in [2.05, 4.69) is 5.32 Å². The molecule has 1 saturated heterocycles. The first-order chi connectivity index (χ1) is 11.0. The Balaban J connectivity index is 1.72. The lowest BCUT2D eigenvalue weighted by atomic mass is 9.89. The zero-order chi connectivity index (χ0) is 16.4. The predicted molar refractivity (Wildman–Crippen MR) is 82.4 cm³/mol. The molecule has 0 unspecified atom stereocenters. The van der Waals surface area contributed by atoms with Gasteiger partial charge in [-0.15, -0.1) is 0 Å². The van der Waals surface area contributed by atoms with Crippen LogP contribution in [0.3, 0.4) is 0 Å². The Kier molecular flexibility index (Phi) is 4.21. The molecule has 1 amide bonds. The molecule has 1 aromatic carbocycles. The Hall–Kier alpha value is -2.15. The summed E-state index contributed by atoms with van der Waals surface area (Å²) < 4.78 is 5.93. The fraction of sp³-hybridized carbons (Fsp3) is 0.562. The zero-order valence-electron chi connectivity index (χ0n) is 12.8. The van der Waals surface area contributed by atoms with E-state index in [-0.39, 0.29) is 17.2 Å². The molecule has 1 heterocycles. The van der Waals surface area contributed by atoms with Gasteiger partial charge in [0.1, 0.15) is 0 Å². The molecule has 3 rings (SSSR count). The number of carbonyl (C=O) groups is 1. The van der Waals surface area contributed by atoms with Gasteiger partial charge in [0.25, 0.3) is 5.91 Å². The van der Waals surface area contributed by atoms with Gasteiger partial charge in [-0.3, -0.25) is 14.9 Å². The van der Waals surface area contributed by atoms with Gasteiger partial charge in [-0.25, -0.2) is 0 Å². The number of amides is 1. The molecular weight excluding hydrogens is 300 g/mol. The smallest absolute Gasteiger partial charge is 0.311 e. The van der Waals surface area contributed by atoms with Crippen molar-refractivity contribution >= 4 is 11.6 Å². The molecule has 7 heteroatoms. The van der Waals surface area contributed by atoms with Gasteiger partial charge >= 0.3 is 5.69 Å². The van der Waals surface area contributed by atoms with Crippen molar-refractivity contribution in [3.8, 4) is 5.75 Å². The van der Waals surface area contributed by atoms with E-state index in [1.54, 1.807) is 0 Å². The number of benzene rings is 1. The van der Waals surface area contributed by atoms with Gasteiger partial charge in [0.05, 0.1) is 16.1 Å². The third kappa shape index (κ3) is 3.14. The van der Waals surface area contributed by atoms with Crippen LogP contribution in [0.4, 0.5) is 5.69 Å². The van der Waals surface area contributed by atoms with Crippen LogP contribution in [0.2, 0.25) is 0 Å². The van der Waals surface area contributed by atoms with Gasteiger partial charge in [0.2, 0.25) is 5.75 Å². The van der Waals surface area contributed by atoms with Crippen LogP contribution < -0.4 is 5.32 Å². The average Bonchev–Trinajstić information content (AvgIpc) is 2.94. The van der Waals surface area contributed by atoms with E-state index in [1.165, 1.54) is 18.2 Å². The lowest BCUT2D eigenvalue weighted by Gasteiger charge is -2.38. The second-order valence-electron chi connectivity index (χ2n) is 6.33. The first-order valence-electron chi connectivity index (χ1n) is 7.92.